The first-order valence-corrected chi connectivity index (χ1v) is 12.3. The summed E-state index contributed by atoms with van der Waals surface area (Å²) in [6, 6.07) is 16.4. The molecule has 164 valence electrons. The third kappa shape index (κ3) is 4.80. The number of nitrogens with one attached hydrogen (secondary N) is 1. The number of likely N-dealkylation sites (tertiary alicyclic amines) is 1. The number of piperidine rings is 1. The van der Waals surface area contributed by atoms with E-state index in [1.54, 1.807) is 12.1 Å². The molecule has 2 heterocycles. The minimum Gasteiger partial charge on any atom is -0.350 e. The molecular weight excluding hydrogens is 414 g/mol. The lowest BCUT2D eigenvalue weighted by Crippen LogP contribution is -2.40. The Labute approximate surface area is 183 Å². The molecule has 2 saturated heterocycles. The number of benzene rings is 2. The average molecular weight is 442 g/mol. The highest BCUT2D eigenvalue weighted by atomic mass is 32.2. The minimum atomic E-state index is -3.61. The van der Waals surface area contributed by atoms with Crippen LogP contribution in [0.3, 0.4) is 0 Å². The van der Waals surface area contributed by atoms with Gasteiger partial charge in [0, 0.05) is 18.5 Å². The maximum absolute atomic E-state index is 12.8. The summed E-state index contributed by atoms with van der Waals surface area (Å²) < 4.78 is 25.0. The highest BCUT2D eigenvalue weighted by molar-refractivity contribution is 7.94. The van der Waals surface area contributed by atoms with E-state index in [9.17, 15) is 18.0 Å². The lowest BCUT2D eigenvalue weighted by Gasteiger charge is -2.35. The number of hydrogen-bond acceptors (Lipinski definition) is 5. The molecule has 1 atom stereocenters. The van der Waals surface area contributed by atoms with Crippen LogP contribution in [0.4, 0.5) is 5.69 Å². The molecule has 0 radical (unpaired) electrons. The van der Waals surface area contributed by atoms with E-state index in [4.69, 9.17) is 0 Å². The third-order valence-electron chi connectivity index (χ3n) is 5.91. The summed E-state index contributed by atoms with van der Waals surface area (Å²) in [4.78, 5) is 27.1. The molecule has 0 aromatic heterocycles. The van der Waals surface area contributed by atoms with Gasteiger partial charge in [0.2, 0.25) is 15.9 Å². The first-order chi connectivity index (χ1) is 15.0. The molecular formula is C23H27N3O4S. The number of hydrogen-bond donors (Lipinski definition) is 1. The Kier molecular flexibility index (Phi) is 6.38. The molecule has 0 spiro atoms. The summed E-state index contributed by atoms with van der Waals surface area (Å²) in [5, 5.41) is 3.03. The smallest absolute Gasteiger partial charge is 0.251 e. The molecule has 2 aliphatic rings. The van der Waals surface area contributed by atoms with Crippen LogP contribution in [0, 0.1) is 0 Å². The Morgan fingerprint density at radius 3 is 2.26 bits per heavy atom. The topological polar surface area (TPSA) is 86.8 Å². The predicted molar refractivity (Wildman–Crippen MR) is 119 cm³/mol. The number of nitrogens with zero attached hydrogens (tertiary/aromatic N) is 2. The van der Waals surface area contributed by atoms with Crippen molar-refractivity contribution in [3.05, 3.63) is 65.7 Å². The van der Waals surface area contributed by atoms with Crippen molar-refractivity contribution in [1.29, 1.82) is 0 Å². The zero-order chi connectivity index (χ0) is 21.8. The van der Waals surface area contributed by atoms with Crippen molar-refractivity contribution in [3.8, 4) is 0 Å². The van der Waals surface area contributed by atoms with E-state index < -0.39 is 15.9 Å². The fraction of sp³-hybridized carbons (Fsp3) is 0.391. The van der Waals surface area contributed by atoms with Gasteiger partial charge in [0.05, 0.1) is 17.5 Å². The quantitative estimate of drug-likeness (QED) is 0.745. The van der Waals surface area contributed by atoms with Gasteiger partial charge >= 0.3 is 0 Å². The summed E-state index contributed by atoms with van der Waals surface area (Å²) in [5.41, 5.74) is 1.88. The molecule has 0 bridgehead atoms. The number of carbonyl (C=O) groups excluding carboxylic acids is 2. The first-order valence-electron chi connectivity index (χ1n) is 10.7. The molecule has 1 unspecified atom stereocenters. The summed E-state index contributed by atoms with van der Waals surface area (Å²) in [7, 11) is -3.61. The van der Waals surface area contributed by atoms with Crippen molar-refractivity contribution in [3.63, 3.8) is 0 Å². The van der Waals surface area contributed by atoms with Crippen molar-refractivity contribution in [2.75, 3.05) is 29.7 Å². The third-order valence-corrected chi connectivity index (χ3v) is 7.61. The maximum Gasteiger partial charge on any atom is 0.251 e. The Balaban J connectivity index is 1.45. The first kappa shape index (κ1) is 21.5. The van der Waals surface area contributed by atoms with E-state index in [-0.39, 0.29) is 29.8 Å². The number of amides is 2. The molecule has 2 aromatic carbocycles. The molecule has 1 N–H and O–H groups in total. The molecule has 7 nitrogen and oxygen atoms in total. The molecule has 31 heavy (non-hydrogen) atoms. The molecule has 2 aromatic rings. The van der Waals surface area contributed by atoms with Gasteiger partial charge in [-0.25, -0.2) is 12.7 Å². The van der Waals surface area contributed by atoms with Crippen molar-refractivity contribution in [2.45, 2.75) is 31.7 Å². The van der Waals surface area contributed by atoms with Gasteiger partial charge in [-0.15, -0.1) is 0 Å². The minimum absolute atomic E-state index is 0.0120. The van der Waals surface area contributed by atoms with Crippen LogP contribution in [-0.4, -0.2) is 50.5 Å². The molecule has 2 amide bonds. The van der Waals surface area contributed by atoms with Gasteiger partial charge in [-0.3, -0.25) is 14.5 Å². The molecule has 2 fully saturated rings. The molecule has 0 aliphatic carbocycles. The normalized spacial score (nSPS) is 19.9. The fourth-order valence-corrected chi connectivity index (χ4v) is 5.73. The maximum atomic E-state index is 12.8. The number of anilines is 1. The molecule has 0 saturated carbocycles. The summed E-state index contributed by atoms with van der Waals surface area (Å²) >= 11 is 0. The average Bonchev–Trinajstić information content (AvgIpc) is 3.07. The zero-order valence-corrected chi connectivity index (χ0v) is 18.2. The standard InChI is InChI=1S/C23H27N3O4S/c27-22-13-16-31(29,30)26(22)20-11-9-19(10-12-20)23(28)24-17-21(18-7-3-1-4-8-18)25-14-5-2-6-15-25/h1,3-4,7-12,21H,2,5-6,13-17H2,(H,24,28). The van der Waals surface area contributed by atoms with E-state index >= 15 is 0 Å². The number of sulfonamides is 1. The van der Waals surface area contributed by atoms with Crippen LogP contribution in [0.5, 0.6) is 0 Å². The summed E-state index contributed by atoms with van der Waals surface area (Å²) in [5.74, 6) is -0.838. The predicted octanol–water partition coefficient (Wildman–Crippen LogP) is 2.71. The van der Waals surface area contributed by atoms with Crippen LogP contribution in [0.1, 0.15) is 47.6 Å². The van der Waals surface area contributed by atoms with E-state index in [0.29, 0.717) is 12.1 Å². The number of carbonyl (C=O) groups is 2. The Morgan fingerprint density at radius 1 is 0.968 bits per heavy atom. The van der Waals surface area contributed by atoms with E-state index in [0.717, 1.165) is 30.2 Å². The van der Waals surface area contributed by atoms with Gasteiger partial charge in [0.15, 0.2) is 0 Å². The largest absolute Gasteiger partial charge is 0.350 e. The van der Waals surface area contributed by atoms with Gasteiger partial charge in [0.25, 0.3) is 5.91 Å². The van der Waals surface area contributed by atoms with Gasteiger partial charge in [-0.1, -0.05) is 36.8 Å². The second kappa shape index (κ2) is 9.20. The highest BCUT2D eigenvalue weighted by Gasteiger charge is 2.36. The van der Waals surface area contributed by atoms with Gasteiger partial charge in [-0.05, 0) is 55.8 Å². The van der Waals surface area contributed by atoms with Crippen LogP contribution in [-0.2, 0) is 14.8 Å². The van der Waals surface area contributed by atoms with Gasteiger partial charge in [-0.2, -0.15) is 0 Å². The fourth-order valence-electron chi connectivity index (χ4n) is 4.27. The molecule has 8 heteroatoms. The molecule has 4 rings (SSSR count). The van der Waals surface area contributed by atoms with Crippen LogP contribution >= 0.6 is 0 Å². The van der Waals surface area contributed by atoms with E-state index in [1.165, 1.54) is 24.1 Å². The zero-order valence-electron chi connectivity index (χ0n) is 17.4. The van der Waals surface area contributed by atoms with E-state index in [1.807, 2.05) is 18.2 Å². The van der Waals surface area contributed by atoms with Crippen LogP contribution in [0.25, 0.3) is 0 Å². The van der Waals surface area contributed by atoms with Crippen molar-refractivity contribution in [1.82, 2.24) is 10.2 Å². The number of rotatable bonds is 6. The highest BCUT2D eigenvalue weighted by Crippen LogP contribution is 2.26. The van der Waals surface area contributed by atoms with Crippen molar-refractivity contribution in [2.24, 2.45) is 0 Å². The summed E-state index contributed by atoms with van der Waals surface area (Å²) in [6.07, 6.45) is 3.56. The van der Waals surface area contributed by atoms with Crippen molar-refractivity contribution >= 4 is 27.5 Å². The van der Waals surface area contributed by atoms with Crippen LogP contribution in [0.2, 0.25) is 0 Å². The molecule has 2 aliphatic heterocycles. The Hall–Kier alpha value is -2.71. The lowest BCUT2D eigenvalue weighted by molar-refractivity contribution is -0.116. The van der Waals surface area contributed by atoms with Crippen LogP contribution in [0.15, 0.2) is 54.6 Å². The lowest BCUT2D eigenvalue weighted by atomic mass is 10.0. The Bertz CT molecular complexity index is 1030. The van der Waals surface area contributed by atoms with Gasteiger partial charge < -0.3 is 5.32 Å². The monoisotopic (exact) mass is 441 g/mol. The van der Waals surface area contributed by atoms with E-state index in [2.05, 4.69) is 22.3 Å². The van der Waals surface area contributed by atoms with Gasteiger partial charge in [0.1, 0.15) is 0 Å². The van der Waals surface area contributed by atoms with Crippen molar-refractivity contribution < 1.29 is 18.0 Å². The summed E-state index contributed by atoms with van der Waals surface area (Å²) in [6.45, 7) is 2.52. The SMILES string of the molecule is O=C(NCC(c1ccccc1)N1CCCCC1)c1ccc(N2C(=O)CCS2(=O)=O)cc1. The second-order valence-electron chi connectivity index (χ2n) is 8.00. The Morgan fingerprint density at radius 2 is 1.65 bits per heavy atom. The van der Waals surface area contributed by atoms with Crippen LogP contribution < -0.4 is 9.62 Å². The second-order valence-corrected chi connectivity index (χ2v) is 9.94.